The molecular formula is C8H14ClN3O2S. The second-order valence-electron chi connectivity index (χ2n) is 3.31. The molecule has 0 aliphatic rings. The Kier molecular flexibility index (Phi) is 4.12. The second kappa shape index (κ2) is 4.96. The minimum Gasteiger partial charge on any atom is -0.335 e. The van der Waals surface area contributed by atoms with Gasteiger partial charge in [-0.05, 0) is 13.3 Å². The van der Waals surface area contributed by atoms with Crippen LogP contribution in [0.1, 0.15) is 13.3 Å². The van der Waals surface area contributed by atoms with Crippen LogP contribution >= 0.6 is 11.6 Å². The number of rotatable bonds is 5. The fraction of sp³-hybridized carbons (Fsp3) is 0.625. The van der Waals surface area contributed by atoms with Crippen molar-refractivity contribution in [2.75, 3.05) is 13.6 Å². The number of aromatic nitrogens is 2. The smallest absolute Gasteiger partial charge is 0.259 e. The van der Waals surface area contributed by atoms with Crippen molar-refractivity contribution in [3.63, 3.8) is 0 Å². The summed E-state index contributed by atoms with van der Waals surface area (Å²) in [6.07, 6.45) is 3.24. The number of hydrogen-bond donors (Lipinski definition) is 1. The van der Waals surface area contributed by atoms with E-state index in [1.807, 2.05) is 6.92 Å². The van der Waals surface area contributed by atoms with Gasteiger partial charge in [-0.2, -0.15) is 4.31 Å². The maximum Gasteiger partial charge on any atom is 0.259 e. The van der Waals surface area contributed by atoms with E-state index < -0.39 is 10.0 Å². The van der Waals surface area contributed by atoms with Gasteiger partial charge in [0.25, 0.3) is 10.0 Å². The first kappa shape index (κ1) is 12.5. The van der Waals surface area contributed by atoms with E-state index in [9.17, 15) is 8.42 Å². The Morgan fingerprint density at radius 2 is 2.33 bits per heavy atom. The van der Waals surface area contributed by atoms with Crippen LogP contribution in [-0.4, -0.2) is 41.7 Å². The van der Waals surface area contributed by atoms with Crippen LogP contribution in [0.5, 0.6) is 0 Å². The molecule has 15 heavy (non-hydrogen) atoms. The largest absolute Gasteiger partial charge is 0.335 e. The third-order valence-electron chi connectivity index (χ3n) is 2.00. The SMILES string of the molecule is CC(Cl)CCN(C)S(=O)(=O)c1cnc[nH]1. The zero-order valence-electron chi connectivity index (χ0n) is 8.64. The maximum atomic E-state index is 11.8. The molecule has 0 aliphatic carbocycles. The number of sulfonamides is 1. The van der Waals surface area contributed by atoms with Crippen LogP contribution in [0.15, 0.2) is 17.6 Å². The number of nitrogens with one attached hydrogen (secondary N) is 1. The Morgan fingerprint density at radius 3 is 2.80 bits per heavy atom. The lowest BCUT2D eigenvalue weighted by molar-refractivity contribution is 0.458. The highest BCUT2D eigenvalue weighted by atomic mass is 35.5. The molecule has 0 bridgehead atoms. The first-order chi connectivity index (χ1) is 6.94. The molecule has 0 aliphatic heterocycles. The highest BCUT2D eigenvalue weighted by Crippen LogP contribution is 2.11. The van der Waals surface area contributed by atoms with Gasteiger partial charge in [0.1, 0.15) is 0 Å². The Balaban J connectivity index is 2.71. The topological polar surface area (TPSA) is 66.1 Å². The standard InChI is InChI=1S/C8H14ClN3O2S/c1-7(9)3-4-12(2)15(13,14)8-5-10-6-11-8/h5-7H,3-4H2,1-2H3,(H,10,11). The van der Waals surface area contributed by atoms with Crippen molar-refractivity contribution in [3.05, 3.63) is 12.5 Å². The fourth-order valence-electron chi connectivity index (χ4n) is 1.03. The summed E-state index contributed by atoms with van der Waals surface area (Å²) in [5, 5.41) is 0.0663. The van der Waals surface area contributed by atoms with Gasteiger partial charge in [0.05, 0.1) is 12.5 Å². The third kappa shape index (κ3) is 3.19. The van der Waals surface area contributed by atoms with Crippen molar-refractivity contribution in [2.45, 2.75) is 23.7 Å². The number of alkyl halides is 1. The molecule has 5 nitrogen and oxygen atoms in total. The van der Waals surface area contributed by atoms with Crippen LogP contribution in [0.3, 0.4) is 0 Å². The van der Waals surface area contributed by atoms with E-state index in [0.29, 0.717) is 13.0 Å². The molecule has 0 spiro atoms. The van der Waals surface area contributed by atoms with Gasteiger partial charge in [-0.15, -0.1) is 11.6 Å². The second-order valence-corrected chi connectivity index (χ2v) is 6.07. The van der Waals surface area contributed by atoms with Crippen molar-refractivity contribution < 1.29 is 8.42 Å². The summed E-state index contributed by atoms with van der Waals surface area (Å²) in [5.74, 6) is 0. The number of hydrogen-bond acceptors (Lipinski definition) is 3. The number of nitrogens with zero attached hydrogens (tertiary/aromatic N) is 2. The van der Waals surface area contributed by atoms with E-state index in [1.54, 1.807) is 0 Å². The average molecular weight is 252 g/mol. The first-order valence-corrected chi connectivity index (χ1v) is 6.41. The molecule has 0 amide bonds. The Bertz CT molecular complexity index is 388. The van der Waals surface area contributed by atoms with E-state index >= 15 is 0 Å². The summed E-state index contributed by atoms with van der Waals surface area (Å²) in [6.45, 7) is 2.23. The van der Waals surface area contributed by atoms with E-state index in [-0.39, 0.29) is 10.4 Å². The Hall–Kier alpha value is -0.590. The van der Waals surface area contributed by atoms with E-state index in [2.05, 4.69) is 9.97 Å². The Morgan fingerprint density at radius 1 is 1.67 bits per heavy atom. The fourth-order valence-corrected chi connectivity index (χ4v) is 2.21. The van der Waals surface area contributed by atoms with Gasteiger partial charge >= 0.3 is 0 Å². The molecule has 0 fully saturated rings. The van der Waals surface area contributed by atoms with Crippen LogP contribution in [0, 0.1) is 0 Å². The highest BCUT2D eigenvalue weighted by Gasteiger charge is 2.21. The van der Waals surface area contributed by atoms with Crippen molar-refractivity contribution in [1.29, 1.82) is 0 Å². The Labute approximate surface area is 94.5 Å². The lowest BCUT2D eigenvalue weighted by atomic mass is 10.3. The third-order valence-corrected chi connectivity index (χ3v) is 4.00. The molecule has 0 saturated heterocycles. The number of aromatic amines is 1. The molecule has 1 N–H and O–H groups in total. The van der Waals surface area contributed by atoms with Crippen LogP contribution in [0.4, 0.5) is 0 Å². The molecule has 1 aromatic rings. The van der Waals surface area contributed by atoms with Crippen molar-refractivity contribution >= 4 is 21.6 Å². The number of imidazole rings is 1. The zero-order valence-corrected chi connectivity index (χ0v) is 10.2. The minimum atomic E-state index is -3.43. The molecule has 1 unspecified atom stereocenters. The lowest BCUT2D eigenvalue weighted by Gasteiger charge is -2.16. The average Bonchev–Trinajstić information content (AvgIpc) is 2.66. The number of H-pyrrole nitrogens is 1. The predicted molar refractivity (Wildman–Crippen MR) is 58.3 cm³/mol. The summed E-state index contributed by atoms with van der Waals surface area (Å²) in [4.78, 5) is 6.25. The first-order valence-electron chi connectivity index (χ1n) is 4.53. The van der Waals surface area contributed by atoms with Gasteiger partial charge < -0.3 is 4.98 Å². The molecule has 1 atom stereocenters. The summed E-state index contributed by atoms with van der Waals surface area (Å²) in [5.41, 5.74) is 0. The molecule has 1 rings (SSSR count). The van der Waals surface area contributed by atoms with Crippen LogP contribution in [0.25, 0.3) is 0 Å². The van der Waals surface area contributed by atoms with Crippen molar-refractivity contribution in [3.8, 4) is 0 Å². The summed E-state index contributed by atoms with van der Waals surface area (Å²) < 4.78 is 24.9. The van der Waals surface area contributed by atoms with Crippen molar-refractivity contribution in [2.24, 2.45) is 0 Å². The quantitative estimate of drug-likeness (QED) is 0.796. The van der Waals surface area contributed by atoms with E-state index in [1.165, 1.54) is 23.9 Å². The van der Waals surface area contributed by atoms with Gasteiger partial charge in [0, 0.05) is 19.0 Å². The van der Waals surface area contributed by atoms with Crippen molar-refractivity contribution in [1.82, 2.24) is 14.3 Å². The molecule has 1 heterocycles. The molecule has 0 aromatic carbocycles. The molecule has 86 valence electrons. The van der Waals surface area contributed by atoms with Gasteiger partial charge in [-0.25, -0.2) is 13.4 Å². The summed E-state index contributed by atoms with van der Waals surface area (Å²) in [7, 11) is -1.91. The van der Waals surface area contributed by atoms with Gasteiger partial charge in [-0.3, -0.25) is 0 Å². The predicted octanol–water partition coefficient (Wildman–Crippen LogP) is 1.05. The van der Waals surface area contributed by atoms with Crippen LogP contribution < -0.4 is 0 Å². The monoisotopic (exact) mass is 251 g/mol. The van der Waals surface area contributed by atoms with Gasteiger partial charge in [0.15, 0.2) is 5.03 Å². The summed E-state index contributed by atoms with van der Waals surface area (Å²) in [6, 6.07) is 0. The molecular weight excluding hydrogens is 238 g/mol. The van der Waals surface area contributed by atoms with E-state index in [0.717, 1.165) is 0 Å². The van der Waals surface area contributed by atoms with Gasteiger partial charge in [-0.1, -0.05) is 0 Å². The minimum absolute atomic E-state index is 0.0376. The summed E-state index contributed by atoms with van der Waals surface area (Å²) >= 11 is 5.76. The highest BCUT2D eigenvalue weighted by molar-refractivity contribution is 7.89. The molecule has 0 radical (unpaired) electrons. The molecule has 1 aromatic heterocycles. The maximum absolute atomic E-state index is 11.8. The molecule has 7 heteroatoms. The van der Waals surface area contributed by atoms with E-state index in [4.69, 9.17) is 11.6 Å². The zero-order chi connectivity index (χ0) is 11.5. The lowest BCUT2D eigenvalue weighted by Crippen LogP contribution is -2.29. The van der Waals surface area contributed by atoms with Crippen LogP contribution in [0.2, 0.25) is 0 Å². The number of halogens is 1. The molecule has 0 saturated carbocycles. The van der Waals surface area contributed by atoms with Crippen LogP contribution in [-0.2, 0) is 10.0 Å². The van der Waals surface area contributed by atoms with Gasteiger partial charge in [0.2, 0.25) is 0 Å². The normalized spacial score (nSPS) is 14.4.